The number of ether oxygens (including phenoxy) is 2. The molecule has 0 fully saturated rings. The van der Waals surface area contributed by atoms with Crippen molar-refractivity contribution in [2.75, 3.05) is 6.79 Å². The van der Waals surface area contributed by atoms with Crippen LogP contribution in [0.1, 0.15) is 16.7 Å². The molecule has 0 spiro atoms. The van der Waals surface area contributed by atoms with Gasteiger partial charge in [-0.15, -0.1) is 0 Å². The monoisotopic (exact) mass is 189 g/mol. The number of hydrogen-bond donors (Lipinski definition) is 0. The van der Waals surface area contributed by atoms with Crippen LogP contribution in [0.15, 0.2) is 6.07 Å². The van der Waals surface area contributed by atoms with E-state index in [4.69, 9.17) is 14.7 Å². The van der Waals surface area contributed by atoms with Crippen molar-refractivity contribution < 1.29 is 9.47 Å². The highest BCUT2D eigenvalue weighted by Crippen LogP contribution is 2.38. The molecular weight excluding hydrogens is 178 g/mol. The van der Waals surface area contributed by atoms with Crippen molar-refractivity contribution in [1.29, 1.82) is 5.26 Å². The summed E-state index contributed by atoms with van der Waals surface area (Å²) < 4.78 is 10.6. The maximum atomic E-state index is 8.66. The lowest BCUT2D eigenvalue weighted by Crippen LogP contribution is -1.94. The first kappa shape index (κ1) is 8.89. The third-order valence-corrected chi connectivity index (χ3v) is 2.60. The van der Waals surface area contributed by atoms with Crippen LogP contribution in [0.25, 0.3) is 0 Å². The van der Waals surface area contributed by atoms with Crippen LogP contribution in [-0.2, 0) is 6.42 Å². The zero-order chi connectivity index (χ0) is 10.1. The third-order valence-electron chi connectivity index (χ3n) is 2.60. The number of hydrogen-bond acceptors (Lipinski definition) is 3. The Labute approximate surface area is 82.9 Å². The summed E-state index contributed by atoms with van der Waals surface area (Å²) in [6.45, 7) is 4.28. The molecule has 1 aromatic rings. The summed E-state index contributed by atoms with van der Waals surface area (Å²) in [4.78, 5) is 0. The Balaban J connectivity index is 2.56. The highest BCUT2D eigenvalue weighted by atomic mass is 16.7. The van der Waals surface area contributed by atoms with Gasteiger partial charge in [-0.3, -0.25) is 0 Å². The highest BCUT2D eigenvalue weighted by Gasteiger charge is 2.19. The minimum Gasteiger partial charge on any atom is -0.454 e. The molecular formula is C11H11NO2. The molecule has 0 unspecified atom stereocenters. The summed E-state index contributed by atoms with van der Waals surface area (Å²) in [6.07, 6.45) is 0.420. The second-order valence-electron chi connectivity index (χ2n) is 3.35. The van der Waals surface area contributed by atoms with Crippen LogP contribution in [0.3, 0.4) is 0 Å². The van der Waals surface area contributed by atoms with Gasteiger partial charge < -0.3 is 9.47 Å². The molecule has 0 radical (unpaired) electrons. The summed E-state index contributed by atoms with van der Waals surface area (Å²) in [5.41, 5.74) is 3.22. The van der Waals surface area contributed by atoms with Crippen LogP contribution in [0.2, 0.25) is 0 Å². The summed E-state index contributed by atoms with van der Waals surface area (Å²) >= 11 is 0. The second kappa shape index (κ2) is 3.22. The summed E-state index contributed by atoms with van der Waals surface area (Å²) in [5.74, 6) is 1.59. The predicted octanol–water partition coefficient (Wildman–Crippen LogP) is 2.10. The van der Waals surface area contributed by atoms with E-state index in [0.717, 1.165) is 28.2 Å². The first-order valence-electron chi connectivity index (χ1n) is 4.49. The zero-order valence-electron chi connectivity index (χ0n) is 8.26. The minimum atomic E-state index is 0.283. The van der Waals surface area contributed by atoms with Gasteiger partial charge in [0.05, 0.1) is 12.5 Å². The first-order valence-corrected chi connectivity index (χ1v) is 4.49. The average Bonchev–Trinajstić information content (AvgIpc) is 2.62. The first-order chi connectivity index (χ1) is 6.74. The molecule has 2 rings (SSSR count). The largest absolute Gasteiger partial charge is 0.454 e. The molecule has 3 nitrogen and oxygen atoms in total. The SMILES string of the molecule is Cc1c(CC#N)cc2c(c1C)OCO2. The fraction of sp³-hybridized carbons (Fsp3) is 0.364. The van der Waals surface area contributed by atoms with Gasteiger partial charge in [-0.05, 0) is 36.6 Å². The normalized spacial score (nSPS) is 12.6. The van der Waals surface area contributed by atoms with E-state index in [2.05, 4.69) is 6.07 Å². The van der Waals surface area contributed by atoms with E-state index in [9.17, 15) is 0 Å². The van der Waals surface area contributed by atoms with E-state index in [1.807, 2.05) is 19.9 Å². The van der Waals surface area contributed by atoms with Gasteiger partial charge in [0.2, 0.25) is 6.79 Å². The van der Waals surface area contributed by atoms with Gasteiger partial charge >= 0.3 is 0 Å². The van der Waals surface area contributed by atoms with Gasteiger partial charge in [-0.25, -0.2) is 0 Å². The van der Waals surface area contributed by atoms with Crippen LogP contribution in [0.4, 0.5) is 0 Å². The molecule has 1 aliphatic heterocycles. The molecule has 0 aliphatic carbocycles. The quantitative estimate of drug-likeness (QED) is 0.679. The molecule has 0 saturated heterocycles. The number of nitriles is 1. The van der Waals surface area contributed by atoms with E-state index >= 15 is 0 Å². The maximum absolute atomic E-state index is 8.66. The molecule has 3 heteroatoms. The Bertz CT molecular complexity index is 418. The van der Waals surface area contributed by atoms with Crippen molar-refractivity contribution in [1.82, 2.24) is 0 Å². The van der Waals surface area contributed by atoms with E-state index in [-0.39, 0.29) is 6.79 Å². The highest BCUT2D eigenvalue weighted by molar-refractivity contribution is 5.55. The molecule has 0 aromatic heterocycles. The number of rotatable bonds is 1. The van der Waals surface area contributed by atoms with Crippen molar-refractivity contribution in [3.05, 3.63) is 22.8 Å². The molecule has 0 amide bonds. The second-order valence-corrected chi connectivity index (χ2v) is 3.35. The Morgan fingerprint density at radius 2 is 2.14 bits per heavy atom. The number of nitrogens with zero attached hydrogens (tertiary/aromatic N) is 1. The molecule has 0 N–H and O–H groups in total. The van der Waals surface area contributed by atoms with Crippen molar-refractivity contribution >= 4 is 0 Å². The molecule has 0 saturated carbocycles. The molecule has 72 valence electrons. The zero-order valence-corrected chi connectivity index (χ0v) is 8.26. The van der Waals surface area contributed by atoms with Crippen molar-refractivity contribution in [2.24, 2.45) is 0 Å². The van der Waals surface area contributed by atoms with Gasteiger partial charge in [0.15, 0.2) is 11.5 Å². The molecule has 14 heavy (non-hydrogen) atoms. The van der Waals surface area contributed by atoms with Crippen LogP contribution in [0, 0.1) is 25.2 Å². The summed E-state index contributed by atoms with van der Waals surface area (Å²) in [5, 5.41) is 8.66. The molecule has 1 aliphatic rings. The average molecular weight is 189 g/mol. The van der Waals surface area contributed by atoms with Gasteiger partial charge in [-0.1, -0.05) is 0 Å². The van der Waals surface area contributed by atoms with Gasteiger partial charge in [-0.2, -0.15) is 5.26 Å². The minimum absolute atomic E-state index is 0.283. The fourth-order valence-electron chi connectivity index (χ4n) is 1.64. The predicted molar refractivity (Wildman–Crippen MR) is 51.4 cm³/mol. The Hall–Kier alpha value is -1.69. The van der Waals surface area contributed by atoms with E-state index in [0.29, 0.717) is 6.42 Å². The van der Waals surface area contributed by atoms with E-state index in [1.165, 1.54) is 0 Å². The lowest BCUT2D eigenvalue weighted by Gasteiger charge is -2.08. The van der Waals surface area contributed by atoms with E-state index < -0.39 is 0 Å². The van der Waals surface area contributed by atoms with E-state index in [1.54, 1.807) is 0 Å². The molecule has 1 heterocycles. The standard InChI is InChI=1S/C11H11NO2/c1-7-8(2)11-10(13-6-14-11)5-9(7)3-4-12/h5H,3,6H2,1-2H3. The summed E-state index contributed by atoms with van der Waals surface area (Å²) in [6, 6.07) is 4.04. The Kier molecular flexibility index (Phi) is 2.05. The number of fused-ring (bicyclic) bond motifs is 1. The van der Waals surface area contributed by atoms with Crippen LogP contribution in [-0.4, -0.2) is 6.79 Å². The van der Waals surface area contributed by atoms with Gasteiger partial charge in [0.25, 0.3) is 0 Å². The van der Waals surface area contributed by atoms with Gasteiger partial charge in [0.1, 0.15) is 0 Å². The van der Waals surface area contributed by atoms with Crippen molar-refractivity contribution in [3.63, 3.8) is 0 Å². The molecule has 0 atom stereocenters. The summed E-state index contributed by atoms with van der Waals surface area (Å²) in [7, 11) is 0. The lowest BCUT2D eigenvalue weighted by molar-refractivity contribution is 0.173. The van der Waals surface area contributed by atoms with Crippen molar-refractivity contribution in [3.8, 4) is 17.6 Å². The molecule has 1 aromatic carbocycles. The Morgan fingerprint density at radius 1 is 1.36 bits per heavy atom. The van der Waals surface area contributed by atoms with Crippen molar-refractivity contribution in [2.45, 2.75) is 20.3 Å². The molecule has 0 bridgehead atoms. The van der Waals surface area contributed by atoms with Gasteiger partial charge in [0, 0.05) is 0 Å². The van der Waals surface area contributed by atoms with Crippen LogP contribution in [0.5, 0.6) is 11.5 Å². The maximum Gasteiger partial charge on any atom is 0.231 e. The van der Waals surface area contributed by atoms with Crippen LogP contribution >= 0.6 is 0 Å². The number of benzene rings is 1. The smallest absolute Gasteiger partial charge is 0.231 e. The topological polar surface area (TPSA) is 42.2 Å². The third kappa shape index (κ3) is 1.20. The lowest BCUT2D eigenvalue weighted by atomic mass is 10.00. The van der Waals surface area contributed by atoms with Crippen LogP contribution < -0.4 is 9.47 Å². The fourth-order valence-corrected chi connectivity index (χ4v) is 1.64. The Morgan fingerprint density at radius 3 is 2.86 bits per heavy atom.